The van der Waals surface area contributed by atoms with Crippen molar-refractivity contribution in [2.45, 2.75) is 19.0 Å². The van der Waals surface area contributed by atoms with Crippen LogP contribution in [0.1, 0.15) is 22.5 Å². The van der Waals surface area contributed by atoms with Gasteiger partial charge in [0, 0.05) is 30.9 Å². The number of hydrogen-bond acceptors (Lipinski definition) is 5. The summed E-state index contributed by atoms with van der Waals surface area (Å²) >= 11 is 0. The van der Waals surface area contributed by atoms with Gasteiger partial charge in [-0.05, 0) is 59.9 Å². The number of aromatic amines is 1. The molecule has 1 aromatic heterocycles. The van der Waals surface area contributed by atoms with Gasteiger partial charge in [-0.3, -0.25) is 14.3 Å². The zero-order valence-corrected chi connectivity index (χ0v) is 17.5. The van der Waals surface area contributed by atoms with Crippen LogP contribution in [0.25, 0.3) is 0 Å². The summed E-state index contributed by atoms with van der Waals surface area (Å²) < 4.78 is 43.7. The van der Waals surface area contributed by atoms with Crippen molar-refractivity contribution in [2.24, 2.45) is 5.92 Å². The molecule has 0 bridgehead atoms. The average Bonchev–Trinajstić information content (AvgIpc) is 3.21. The summed E-state index contributed by atoms with van der Waals surface area (Å²) in [5.74, 6) is -0.584. The lowest BCUT2D eigenvalue weighted by Gasteiger charge is -2.37. The van der Waals surface area contributed by atoms with E-state index in [1.807, 2.05) is 23.1 Å². The maximum absolute atomic E-state index is 13.0. The van der Waals surface area contributed by atoms with Crippen molar-refractivity contribution in [3.8, 4) is 0 Å². The van der Waals surface area contributed by atoms with Crippen LogP contribution in [0.3, 0.4) is 0 Å². The molecule has 33 heavy (non-hydrogen) atoms. The zero-order chi connectivity index (χ0) is 23.6. The molecule has 1 atom stereocenters. The molecular weight excluding hydrogens is 437 g/mol. The van der Waals surface area contributed by atoms with E-state index in [9.17, 15) is 22.8 Å². The summed E-state index contributed by atoms with van der Waals surface area (Å²) in [5, 5.41) is 6.53. The molecule has 0 radical (unpaired) electrons. The Balaban J connectivity index is 1.70. The topological polar surface area (TPSA) is 91.2 Å². The van der Waals surface area contributed by atoms with Crippen molar-refractivity contribution in [1.29, 1.82) is 0 Å². The molecule has 1 aliphatic rings. The van der Waals surface area contributed by atoms with E-state index in [1.54, 1.807) is 0 Å². The first kappa shape index (κ1) is 22.4. The van der Waals surface area contributed by atoms with Crippen LogP contribution < -0.4 is 16.0 Å². The average molecular weight is 458 g/mol. The molecule has 2 heterocycles. The quantitative estimate of drug-likeness (QED) is 0.551. The number of anilines is 2. The van der Waals surface area contributed by atoms with Crippen molar-refractivity contribution in [1.82, 2.24) is 15.5 Å². The third-order valence-corrected chi connectivity index (χ3v) is 5.57. The minimum Gasteiger partial charge on any atom is -0.352 e. The number of nitrogens with one attached hydrogen (secondary N) is 2. The normalized spacial score (nSPS) is 15.7. The van der Waals surface area contributed by atoms with Crippen LogP contribution >= 0.6 is 0 Å². The van der Waals surface area contributed by atoms with Gasteiger partial charge >= 0.3 is 11.9 Å². The van der Waals surface area contributed by atoms with Gasteiger partial charge in [0.05, 0.1) is 5.56 Å². The molecule has 0 saturated carbocycles. The fraction of sp³-hybridized carbons (Fsp3) is 0.261. The summed E-state index contributed by atoms with van der Waals surface area (Å²) in [6.07, 6.45) is -2.28. The van der Waals surface area contributed by atoms with E-state index in [0.717, 1.165) is 28.9 Å². The van der Waals surface area contributed by atoms with E-state index in [2.05, 4.69) is 26.6 Å². The molecule has 0 spiro atoms. The molecule has 3 aromatic rings. The lowest BCUT2D eigenvalue weighted by Crippen LogP contribution is -2.39. The predicted molar refractivity (Wildman–Crippen MR) is 115 cm³/mol. The molecule has 172 valence electrons. The third kappa shape index (κ3) is 5.00. The maximum Gasteiger partial charge on any atom is 0.438 e. The van der Waals surface area contributed by atoms with Crippen LogP contribution in [0, 0.1) is 5.92 Å². The molecule has 1 aliphatic heterocycles. The van der Waals surface area contributed by atoms with E-state index in [0.29, 0.717) is 37.4 Å². The zero-order valence-electron chi connectivity index (χ0n) is 17.5. The van der Waals surface area contributed by atoms with E-state index >= 15 is 0 Å². The highest BCUT2D eigenvalue weighted by Gasteiger charge is 2.31. The first-order valence-electron chi connectivity index (χ1n) is 10.3. The van der Waals surface area contributed by atoms with Gasteiger partial charge in [-0.2, -0.15) is 13.2 Å². The number of carbonyl (C=O) groups is 1. The fourth-order valence-electron chi connectivity index (χ4n) is 4.03. The van der Waals surface area contributed by atoms with Crippen molar-refractivity contribution in [3.63, 3.8) is 0 Å². The first-order valence-corrected chi connectivity index (χ1v) is 10.3. The summed E-state index contributed by atoms with van der Waals surface area (Å²) in [6, 6.07) is 10.7. The van der Waals surface area contributed by atoms with Gasteiger partial charge in [0.2, 0.25) is 5.91 Å². The van der Waals surface area contributed by atoms with Crippen LogP contribution in [-0.4, -0.2) is 29.1 Å². The summed E-state index contributed by atoms with van der Waals surface area (Å²) in [4.78, 5) is 27.5. The number of amides is 1. The number of halogens is 3. The number of alkyl halides is 3. The Morgan fingerprint density at radius 3 is 2.67 bits per heavy atom. The monoisotopic (exact) mass is 458 g/mol. The Hall–Kier alpha value is -3.82. The highest BCUT2D eigenvalue weighted by Crippen LogP contribution is 2.39. The number of nitrogens with zero attached hydrogens (tertiary/aromatic N) is 2. The van der Waals surface area contributed by atoms with Gasteiger partial charge in [0.1, 0.15) is 0 Å². The Labute approximate surface area is 186 Å². The molecule has 7 nitrogen and oxygen atoms in total. The van der Waals surface area contributed by atoms with Crippen molar-refractivity contribution in [2.75, 3.05) is 18.0 Å². The highest BCUT2D eigenvalue weighted by molar-refractivity contribution is 5.86. The highest BCUT2D eigenvalue weighted by atomic mass is 19.4. The van der Waals surface area contributed by atoms with Gasteiger partial charge in [-0.1, -0.05) is 23.9 Å². The number of hydrogen-bond donors (Lipinski definition) is 2. The maximum atomic E-state index is 13.0. The van der Waals surface area contributed by atoms with Gasteiger partial charge in [-0.15, -0.1) is 0 Å². The van der Waals surface area contributed by atoms with E-state index in [4.69, 9.17) is 0 Å². The first-order chi connectivity index (χ1) is 15.7. The SMILES string of the molecule is C=CC(=O)NC[C@H]1Cc2c(Cc3noc(=O)[nH]3)cccc2N(c2ccc(C(F)(F)F)cc2)C1. The third-order valence-electron chi connectivity index (χ3n) is 5.57. The number of benzene rings is 2. The standard InChI is InChI=1S/C23H21F3N4O3/c1-2-21(31)27-12-14-10-18-15(11-20-28-22(32)33-29-20)4-3-5-19(18)30(13-14)17-8-6-16(7-9-17)23(24,25)26/h2-9,14H,1,10-13H2,(H,27,31)(H,28,29,32)/t14-/m1/s1. The molecule has 0 unspecified atom stereocenters. The van der Waals surface area contributed by atoms with E-state index in [-0.39, 0.29) is 11.8 Å². The smallest absolute Gasteiger partial charge is 0.352 e. The number of aromatic nitrogens is 2. The molecule has 2 aromatic carbocycles. The lowest BCUT2D eigenvalue weighted by atomic mass is 9.87. The molecule has 0 aliphatic carbocycles. The molecule has 4 rings (SSSR count). The van der Waals surface area contributed by atoms with Crippen LogP contribution in [0.4, 0.5) is 24.5 Å². The number of H-pyrrole nitrogens is 1. The van der Waals surface area contributed by atoms with Gasteiger partial charge in [0.15, 0.2) is 5.82 Å². The van der Waals surface area contributed by atoms with Crippen molar-refractivity contribution in [3.05, 3.63) is 88.2 Å². The predicted octanol–water partition coefficient (Wildman–Crippen LogP) is 3.59. The summed E-state index contributed by atoms with van der Waals surface area (Å²) in [6.45, 7) is 4.33. The lowest BCUT2D eigenvalue weighted by molar-refractivity contribution is -0.137. The van der Waals surface area contributed by atoms with Crippen molar-refractivity contribution >= 4 is 17.3 Å². The number of fused-ring (bicyclic) bond motifs is 1. The minimum atomic E-state index is -4.42. The second kappa shape index (κ2) is 8.97. The molecular formula is C23H21F3N4O3. The Bertz CT molecular complexity index is 1210. The van der Waals surface area contributed by atoms with Crippen molar-refractivity contribution < 1.29 is 22.5 Å². The minimum absolute atomic E-state index is 0.0128. The fourth-order valence-corrected chi connectivity index (χ4v) is 4.03. The van der Waals surface area contributed by atoms with Gasteiger partial charge < -0.3 is 10.2 Å². The summed E-state index contributed by atoms with van der Waals surface area (Å²) in [5.41, 5.74) is 2.60. The van der Waals surface area contributed by atoms with Gasteiger partial charge in [0.25, 0.3) is 0 Å². The van der Waals surface area contributed by atoms with Gasteiger partial charge in [-0.25, -0.2) is 4.79 Å². The van der Waals surface area contributed by atoms with Crippen LogP contribution in [0.15, 0.2) is 64.4 Å². The van der Waals surface area contributed by atoms with E-state index in [1.165, 1.54) is 18.2 Å². The Morgan fingerprint density at radius 1 is 1.27 bits per heavy atom. The Kier molecular flexibility index (Phi) is 6.08. The molecule has 0 saturated heterocycles. The number of carbonyl (C=O) groups excluding carboxylic acids is 1. The largest absolute Gasteiger partial charge is 0.438 e. The van der Waals surface area contributed by atoms with Crippen LogP contribution in [0.5, 0.6) is 0 Å². The molecule has 1 amide bonds. The van der Waals surface area contributed by atoms with Crippen LogP contribution in [0.2, 0.25) is 0 Å². The molecule has 10 heteroatoms. The van der Waals surface area contributed by atoms with Crippen LogP contribution in [-0.2, 0) is 23.8 Å². The molecule has 2 N–H and O–H groups in total. The Morgan fingerprint density at radius 2 is 2.03 bits per heavy atom. The second-order valence-corrected chi connectivity index (χ2v) is 7.81. The van der Waals surface area contributed by atoms with E-state index < -0.39 is 17.5 Å². The second-order valence-electron chi connectivity index (χ2n) is 7.81. The number of rotatable bonds is 6. The molecule has 0 fully saturated rings. The summed E-state index contributed by atoms with van der Waals surface area (Å²) in [7, 11) is 0.